The summed E-state index contributed by atoms with van der Waals surface area (Å²) in [5.41, 5.74) is 1.99. The highest BCUT2D eigenvalue weighted by atomic mass is 32.2. The predicted molar refractivity (Wildman–Crippen MR) is 112 cm³/mol. The van der Waals surface area contributed by atoms with Crippen LogP contribution in [0, 0.1) is 0 Å². The predicted octanol–water partition coefficient (Wildman–Crippen LogP) is 2.86. The van der Waals surface area contributed by atoms with Gasteiger partial charge in [0.15, 0.2) is 0 Å². The molecule has 156 valence electrons. The number of nitrogens with zero attached hydrogens (tertiary/aromatic N) is 1. The second kappa shape index (κ2) is 8.65. The van der Waals surface area contributed by atoms with E-state index in [1.54, 1.807) is 17.0 Å². The summed E-state index contributed by atoms with van der Waals surface area (Å²) in [6, 6.07) is 16.5. The number of ether oxygens (including phenoxy) is 1. The van der Waals surface area contributed by atoms with Gasteiger partial charge in [0.05, 0.1) is 24.6 Å². The third-order valence-corrected chi connectivity index (χ3v) is 6.45. The summed E-state index contributed by atoms with van der Waals surface area (Å²) < 4.78 is 33.3. The smallest absolute Gasteiger partial charge is 0.241 e. The van der Waals surface area contributed by atoms with Crippen LogP contribution in [-0.2, 0) is 25.0 Å². The molecule has 29 heavy (non-hydrogen) atoms. The molecule has 0 spiro atoms. The first-order valence-corrected chi connectivity index (χ1v) is 11.2. The number of sulfonamides is 1. The van der Waals surface area contributed by atoms with Gasteiger partial charge in [0.1, 0.15) is 6.10 Å². The maximum Gasteiger partial charge on any atom is 0.241 e. The second-order valence-corrected chi connectivity index (χ2v) is 9.98. The molecule has 1 fully saturated rings. The van der Waals surface area contributed by atoms with Crippen LogP contribution < -0.4 is 4.72 Å². The number of carbonyl (C=O) groups is 1. The molecule has 1 aliphatic heterocycles. The van der Waals surface area contributed by atoms with Crippen molar-refractivity contribution in [2.45, 2.75) is 37.2 Å². The Balaban J connectivity index is 1.60. The first-order valence-electron chi connectivity index (χ1n) is 9.71. The van der Waals surface area contributed by atoms with E-state index in [0.717, 1.165) is 11.1 Å². The lowest BCUT2D eigenvalue weighted by atomic mass is 9.87. The zero-order valence-corrected chi connectivity index (χ0v) is 17.9. The van der Waals surface area contributed by atoms with E-state index < -0.39 is 10.0 Å². The molecule has 2 aromatic carbocycles. The molecule has 2 aromatic rings. The average molecular weight is 417 g/mol. The average Bonchev–Trinajstić information content (AvgIpc) is 2.72. The van der Waals surface area contributed by atoms with Crippen LogP contribution in [0.4, 0.5) is 0 Å². The van der Waals surface area contributed by atoms with Gasteiger partial charge in [-0.2, -0.15) is 0 Å². The number of amides is 1. The fourth-order valence-electron chi connectivity index (χ4n) is 3.23. The van der Waals surface area contributed by atoms with Crippen LogP contribution in [0.2, 0.25) is 0 Å². The Labute approximate surface area is 172 Å². The van der Waals surface area contributed by atoms with Crippen molar-refractivity contribution in [3.8, 4) is 0 Å². The minimum Gasteiger partial charge on any atom is -0.370 e. The van der Waals surface area contributed by atoms with Gasteiger partial charge in [-0.3, -0.25) is 4.79 Å². The Kier molecular flexibility index (Phi) is 6.41. The lowest BCUT2D eigenvalue weighted by Crippen LogP contribution is -2.46. The van der Waals surface area contributed by atoms with Crippen molar-refractivity contribution >= 4 is 15.9 Å². The van der Waals surface area contributed by atoms with Crippen LogP contribution in [0.15, 0.2) is 59.5 Å². The van der Waals surface area contributed by atoms with Crippen LogP contribution in [0.5, 0.6) is 0 Å². The molecule has 1 unspecified atom stereocenters. The Morgan fingerprint density at radius 1 is 1.10 bits per heavy atom. The van der Waals surface area contributed by atoms with E-state index >= 15 is 0 Å². The molecule has 1 atom stereocenters. The number of carbonyl (C=O) groups excluding carboxylic acids is 1. The minimum absolute atomic E-state index is 0.0582. The quantitative estimate of drug-likeness (QED) is 0.813. The van der Waals surface area contributed by atoms with E-state index in [2.05, 4.69) is 25.5 Å². The summed E-state index contributed by atoms with van der Waals surface area (Å²) in [5.74, 6) is -0.260. The van der Waals surface area contributed by atoms with Crippen molar-refractivity contribution in [2.24, 2.45) is 0 Å². The minimum atomic E-state index is -3.75. The molecule has 0 bridgehead atoms. The molecule has 7 heteroatoms. The Morgan fingerprint density at radius 2 is 1.76 bits per heavy atom. The Hall–Kier alpha value is -2.22. The zero-order chi connectivity index (χ0) is 21.1. The summed E-state index contributed by atoms with van der Waals surface area (Å²) in [7, 11) is -3.75. The lowest BCUT2D eigenvalue weighted by Gasteiger charge is -2.33. The molecular formula is C22H28N2O4S. The van der Waals surface area contributed by atoms with Crippen molar-refractivity contribution in [1.29, 1.82) is 0 Å². The van der Waals surface area contributed by atoms with Crippen LogP contribution in [-0.4, -0.2) is 45.5 Å². The van der Waals surface area contributed by atoms with Gasteiger partial charge in [-0.15, -0.1) is 0 Å². The van der Waals surface area contributed by atoms with Crippen molar-refractivity contribution in [1.82, 2.24) is 9.62 Å². The fourth-order valence-corrected chi connectivity index (χ4v) is 4.21. The van der Waals surface area contributed by atoms with Gasteiger partial charge in [-0.05, 0) is 28.7 Å². The molecule has 3 rings (SSSR count). The van der Waals surface area contributed by atoms with Gasteiger partial charge >= 0.3 is 0 Å². The van der Waals surface area contributed by atoms with Crippen LogP contribution in [0.25, 0.3) is 0 Å². The van der Waals surface area contributed by atoms with Crippen LogP contribution in [0.3, 0.4) is 0 Å². The van der Waals surface area contributed by atoms with Crippen LogP contribution >= 0.6 is 0 Å². The second-order valence-electron chi connectivity index (χ2n) is 8.21. The van der Waals surface area contributed by atoms with Crippen molar-refractivity contribution in [2.75, 3.05) is 26.2 Å². The van der Waals surface area contributed by atoms with Gasteiger partial charge < -0.3 is 9.64 Å². The van der Waals surface area contributed by atoms with Crippen molar-refractivity contribution < 1.29 is 17.9 Å². The van der Waals surface area contributed by atoms with E-state index in [1.165, 1.54) is 0 Å². The molecule has 1 amide bonds. The highest BCUT2D eigenvalue weighted by molar-refractivity contribution is 7.89. The number of morpholine rings is 1. The molecule has 1 aliphatic rings. The molecule has 1 saturated heterocycles. The van der Waals surface area contributed by atoms with E-state index in [9.17, 15) is 13.2 Å². The van der Waals surface area contributed by atoms with E-state index in [1.807, 2.05) is 42.5 Å². The van der Waals surface area contributed by atoms with Gasteiger partial charge in [0.25, 0.3) is 0 Å². The van der Waals surface area contributed by atoms with Crippen molar-refractivity contribution in [3.63, 3.8) is 0 Å². The number of benzene rings is 2. The Morgan fingerprint density at radius 3 is 2.38 bits per heavy atom. The monoisotopic (exact) mass is 416 g/mol. The van der Waals surface area contributed by atoms with Crippen LogP contribution in [0.1, 0.15) is 38.0 Å². The first-order chi connectivity index (χ1) is 13.7. The summed E-state index contributed by atoms with van der Waals surface area (Å²) in [5, 5.41) is 0. The van der Waals surface area contributed by atoms with E-state index in [-0.39, 0.29) is 28.9 Å². The first kappa shape index (κ1) is 21.5. The fraction of sp³-hybridized carbons (Fsp3) is 0.409. The third-order valence-electron chi connectivity index (χ3n) is 5.03. The van der Waals surface area contributed by atoms with Gasteiger partial charge in [0.2, 0.25) is 15.9 Å². The number of hydrogen-bond acceptors (Lipinski definition) is 4. The maximum absolute atomic E-state index is 12.6. The van der Waals surface area contributed by atoms with Crippen molar-refractivity contribution in [3.05, 3.63) is 65.7 Å². The largest absolute Gasteiger partial charge is 0.370 e. The molecule has 1 N–H and O–H groups in total. The summed E-state index contributed by atoms with van der Waals surface area (Å²) >= 11 is 0. The highest BCUT2D eigenvalue weighted by Crippen LogP contribution is 2.24. The Bertz CT molecular complexity index is 935. The number of hydrogen-bond donors (Lipinski definition) is 1. The lowest BCUT2D eigenvalue weighted by molar-refractivity contribution is -0.137. The molecule has 0 saturated carbocycles. The maximum atomic E-state index is 12.6. The van der Waals surface area contributed by atoms with Gasteiger partial charge in [-0.1, -0.05) is 63.2 Å². The summed E-state index contributed by atoms with van der Waals surface area (Å²) in [6.07, 6.45) is -0.199. The molecule has 0 aromatic heterocycles. The zero-order valence-electron chi connectivity index (χ0n) is 17.1. The molecular weight excluding hydrogens is 388 g/mol. The SMILES string of the molecule is CC(C)(C)c1ccc(S(=O)(=O)NCC(=O)N2CCOC(c3ccccc3)C2)cc1. The van der Waals surface area contributed by atoms with E-state index in [0.29, 0.717) is 19.7 Å². The molecule has 0 radical (unpaired) electrons. The number of rotatable bonds is 5. The molecule has 1 heterocycles. The third kappa shape index (κ3) is 5.44. The molecule has 6 nitrogen and oxygen atoms in total. The highest BCUT2D eigenvalue weighted by Gasteiger charge is 2.26. The summed E-state index contributed by atoms with van der Waals surface area (Å²) in [6.45, 7) is 7.21. The summed E-state index contributed by atoms with van der Waals surface area (Å²) in [4.78, 5) is 14.4. The van der Waals surface area contributed by atoms with Gasteiger partial charge in [0, 0.05) is 6.54 Å². The topological polar surface area (TPSA) is 75.7 Å². The standard InChI is InChI=1S/C22H28N2O4S/c1-22(2,3)18-9-11-19(12-10-18)29(26,27)23-15-21(25)24-13-14-28-20(16-24)17-7-5-4-6-8-17/h4-12,20,23H,13-16H2,1-3H3. The molecule has 0 aliphatic carbocycles. The van der Waals surface area contributed by atoms with Gasteiger partial charge in [-0.25, -0.2) is 13.1 Å². The number of nitrogens with one attached hydrogen (secondary N) is 1. The normalized spacial score (nSPS) is 17.9. The van der Waals surface area contributed by atoms with E-state index in [4.69, 9.17) is 4.74 Å².